The zero-order valence-corrected chi connectivity index (χ0v) is 15.3. The molecule has 0 aromatic carbocycles. The summed E-state index contributed by atoms with van der Waals surface area (Å²) < 4.78 is 10.1. The Balaban J connectivity index is 3.87. The van der Waals surface area contributed by atoms with Crippen molar-refractivity contribution >= 4 is 23.1 Å². The summed E-state index contributed by atoms with van der Waals surface area (Å²) in [5.41, 5.74) is -10.2. The molecule has 0 amide bonds. The molecule has 1 rings (SSSR count). The number of rotatable bonds is 8. The van der Waals surface area contributed by atoms with E-state index >= 15 is 0 Å². The number of carbonyl (C=O) groups is 4. The molecule has 1 fully saturated rings. The maximum Gasteiger partial charge on any atom is 0.213 e. The van der Waals surface area contributed by atoms with Crippen molar-refractivity contribution in [2.45, 2.75) is 63.0 Å². The molecule has 1 aliphatic heterocycles. The average molecular weight is 392 g/mol. The fourth-order valence-corrected chi connectivity index (χ4v) is 3.25. The Kier molecular flexibility index (Phi) is 6.77. The van der Waals surface area contributed by atoms with Crippen molar-refractivity contribution in [3.05, 3.63) is 0 Å². The van der Waals surface area contributed by atoms with Crippen LogP contribution in [-0.2, 0) is 28.7 Å². The number of carbonyl (C=O) groups excluding carboxylic acids is 4. The number of ether oxygens (including phenoxy) is 2. The van der Waals surface area contributed by atoms with Crippen LogP contribution in [0.25, 0.3) is 0 Å². The van der Waals surface area contributed by atoms with E-state index in [4.69, 9.17) is 14.6 Å². The predicted octanol–water partition coefficient (Wildman–Crippen LogP) is -3.37. The Morgan fingerprint density at radius 3 is 1.78 bits per heavy atom. The van der Waals surface area contributed by atoms with E-state index in [-0.39, 0.29) is 0 Å². The molecule has 1 saturated heterocycles. The van der Waals surface area contributed by atoms with Crippen molar-refractivity contribution in [1.29, 1.82) is 0 Å². The van der Waals surface area contributed by atoms with Gasteiger partial charge in [0.15, 0.2) is 35.0 Å². The third-order valence-electron chi connectivity index (χ3n) is 4.77. The Bertz CT molecular complexity index is 646. The smallest absolute Gasteiger partial charge is 0.213 e. The molecule has 11 heteroatoms. The molecule has 6 atom stereocenters. The fourth-order valence-electron chi connectivity index (χ4n) is 3.25. The molecule has 1 unspecified atom stereocenters. The molecule has 0 aliphatic carbocycles. The highest BCUT2D eigenvalue weighted by Crippen LogP contribution is 2.47. The molecule has 0 bridgehead atoms. The first-order valence-electron chi connectivity index (χ1n) is 8.01. The van der Waals surface area contributed by atoms with E-state index in [1.165, 1.54) is 0 Å². The summed E-state index contributed by atoms with van der Waals surface area (Å²) in [4.78, 5) is 48.4. The number of hydrogen-bond donors (Lipinski definition) is 5. The van der Waals surface area contributed by atoms with Crippen molar-refractivity contribution < 1.29 is 54.2 Å². The van der Waals surface area contributed by atoms with Gasteiger partial charge in [0.1, 0.15) is 12.2 Å². The Labute approximate surface area is 154 Å². The molecule has 0 radical (unpaired) electrons. The van der Waals surface area contributed by atoms with Crippen molar-refractivity contribution in [3.8, 4) is 0 Å². The van der Waals surface area contributed by atoms with E-state index in [1.54, 1.807) is 0 Å². The minimum atomic E-state index is -3.53. The number of Topliss-reactive ketones (excluding diaryl/α,β-unsaturated/α-hetero) is 4. The van der Waals surface area contributed by atoms with Crippen LogP contribution in [0.15, 0.2) is 0 Å². The van der Waals surface area contributed by atoms with Gasteiger partial charge in [-0.05, 0) is 27.7 Å². The summed E-state index contributed by atoms with van der Waals surface area (Å²) in [6.07, 6.45) is -6.68. The third-order valence-corrected chi connectivity index (χ3v) is 4.77. The first-order chi connectivity index (χ1) is 12.2. The Morgan fingerprint density at radius 1 is 0.963 bits per heavy atom. The van der Waals surface area contributed by atoms with Gasteiger partial charge in [-0.1, -0.05) is 0 Å². The molecular formula is C16H24O11. The highest BCUT2D eigenvalue weighted by atomic mass is 16.7. The first kappa shape index (κ1) is 23.4. The second kappa shape index (κ2) is 7.80. The monoisotopic (exact) mass is 392 g/mol. The molecule has 0 saturated carbocycles. The van der Waals surface area contributed by atoms with Crippen molar-refractivity contribution in [2.24, 2.45) is 0 Å². The standard InChI is InChI=1S/C16H24O11/c1-7(18)11(22)12-14(23,8(2)19)16(25,10(4)21)15(24,9(3)20)13(27-12)26-6-5-17/h11-13,17,22-25H,5-6H2,1-4H3/t11?,12-,13+,14-,15+,16+/m1/s1. The van der Waals surface area contributed by atoms with Crippen LogP contribution in [0.3, 0.4) is 0 Å². The van der Waals surface area contributed by atoms with Crippen LogP contribution in [0.1, 0.15) is 27.7 Å². The zero-order valence-electron chi connectivity index (χ0n) is 15.3. The SMILES string of the molecule is CC(=O)C(O)[C@H]1O[C@H](OCCO)[C@@](O)(C(C)=O)[C@](O)(C(C)=O)[C@@]1(O)C(C)=O. The molecule has 0 aromatic heterocycles. The molecular weight excluding hydrogens is 368 g/mol. The lowest BCUT2D eigenvalue weighted by Gasteiger charge is -2.57. The van der Waals surface area contributed by atoms with Crippen LogP contribution in [0.4, 0.5) is 0 Å². The first-order valence-corrected chi connectivity index (χ1v) is 8.01. The molecule has 1 heterocycles. The average Bonchev–Trinajstić information content (AvgIpc) is 2.57. The second-order valence-electron chi connectivity index (χ2n) is 6.45. The summed E-state index contributed by atoms with van der Waals surface area (Å²) in [5, 5.41) is 52.0. The molecule has 0 spiro atoms. The summed E-state index contributed by atoms with van der Waals surface area (Å²) in [7, 11) is 0. The van der Waals surface area contributed by atoms with Crippen LogP contribution in [0.5, 0.6) is 0 Å². The van der Waals surface area contributed by atoms with Crippen LogP contribution >= 0.6 is 0 Å². The van der Waals surface area contributed by atoms with E-state index in [2.05, 4.69) is 0 Å². The maximum absolute atomic E-state index is 12.3. The molecule has 154 valence electrons. The molecule has 1 aliphatic rings. The Morgan fingerprint density at radius 2 is 1.44 bits per heavy atom. The largest absolute Gasteiger partial charge is 0.394 e. The topological polar surface area (TPSA) is 188 Å². The lowest BCUT2D eigenvalue weighted by molar-refractivity contribution is -0.373. The van der Waals surface area contributed by atoms with Crippen LogP contribution in [0, 0.1) is 0 Å². The van der Waals surface area contributed by atoms with E-state index in [0.29, 0.717) is 13.8 Å². The van der Waals surface area contributed by atoms with Crippen LogP contribution < -0.4 is 0 Å². The number of aliphatic hydroxyl groups is 5. The maximum atomic E-state index is 12.3. The lowest BCUT2D eigenvalue weighted by atomic mass is 9.60. The number of ketones is 4. The minimum absolute atomic E-state index is 0.546. The van der Waals surface area contributed by atoms with E-state index in [9.17, 15) is 39.6 Å². The quantitative estimate of drug-likeness (QED) is 0.277. The van der Waals surface area contributed by atoms with Crippen molar-refractivity contribution in [2.75, 3.05) is 13.2 Å². The van der Waals surface area contributed by atoms with E-state index in [0.717, 1.165) is 13.8 Å². The summed E-state index contributed by atoms with van der Waals surface area (Å²) in [6, 6.07) is 0. The normalized spacial score (nSPS) is 37.5. The van der Waals surface area contributed by atoms with Gasteiger partial charge in [-0.25, -0.2) is 0 Å². The van der Waals surface area contributed by atoms with Gasteiger partial charge in [-0.2, -0.15) is 0 Å². The lowest BCUT2D eigenvalue weighted by Crippen LogP contribution is -2.87. The van der Waals surface area contributed by atoms with Gasteiger partial charge in [0.2, 0.25) is 11.2 Å². The Hall–Kier alpha value is -1.60. The van der Waals surface area contributed by atoms with E-state index < -0.39 is 71.6 Å². The third kappa shape index (κ3) is 3.14. The van der Waals surface area contributed by atoms with Gasteiger partial charge in [-0.3, -0.25) is 19.2 Å². The molecule has 5 N–H and O–H groups in total. The van der Waals surface area contributed by atoms with Gasteiger partial charge in [-0.15, -0.1) is 0 Å². The molecule has 11 nitrogen and oxygen atoms in total. The second-order valence-corrected chi connectivity index (χ2v) is 6.45. The highest BCUT2D eigenvalue weighted by Gasteiger charge is 2.79. The van der Waals surface area contributed by atoms with Crippen molar-refractivity contribution in [3.63, 3.8) is 0 Å². The molecule has 27 heavy (non-hydrogen) atoms. The van der Waals surface area contributed by atoms with Gasteiger partial charge in [0, 0.05) is 0 Å². The number of aliphatic hydroxyl groups excluding tert-OH is 2. The summed E-state index contributed by atoms with van der Waals surface area (Å²) in [5.74, 6) is -5.08. The van der Waals surface area contributed by atoms with Crippen LogP contribution in [0.2, 0.25) is 0 Å². The summed E-state index contributed by atoms with van der Waals surface area (Å²) >= 11 is 0. The van der Waals surface area contributed by atoms with Gasteiger partial charge in [0.05, 0.1) is 13.2 Å². The summed E-state index contributed by atoms with van der Waals surface area (Å²) in [6.45, 7) is 1.87. The van der Waals surface area contributed by atoms with Crippen molar-refractivity contribution in [1.82, 2.24) is 0 Å². The number of hydrogen-bond acceptors (Lipinski definition) is 11. The highest BCUT2D eigenvalue weighted by molar-refractivity contribution is 6.05. The van der Waals surface area contributed by atoms with E-state index in [1.807, 2.05) is 0 Å². The fraction of sp³-hybridized carbons (Fsp3) is 0.750. The van der Waals surface area contributed by atoms with Crippen LogP contribution in [-0.4, -0.2) is 97.2 Å². The predicted molar refractivity (Wildman–Crippen MR) is 85.3 cm³/mol. The van der Waals surface area contributed by atoms with Gasteiger partial charge < -0.3 is 35.0 Å². The molecule has 0 aromatic rings. The zero-order chi connectivity index (χ0) is 21.4. The van der Waals surface area contributed by atoms with Gasteiger partial charge >= 0.3 is 0 Å². The van der Waals surface area contributed by atoms with Gasteiger partial charge in [0.25, 0.3) is 0 Å². The minimum Gasteiger partial charge on any atom is -0.394 e.